The van der Waals surface area contributed by atoms with Crippen LogP contribution in [0.1, 0.15) is 53.9 Å². The van der Waals surface area contributed by atoms with E-state index in [1.807, 2.05) is 34.6 Å². The average molecular weight is 359 g/mol. The summed E-state index contributed by atoms with van der Waals surface area (Å²) < 4.78 is 22.3. The summed E-state index contributed by atoms with van der Waals surface area (Å²) in [7, 11) is 0. The molecule has 2 unspecified atom stereocenters. The SMILES string of the molecule is CCOC(CC1(O)CC2COCC(C1)N2C(=O)OC(C)(C)C)OCC. The smallest absolute Gasteiger partial charge is 0.410 e. The molecule has 2 aliphatic heterocycles. The van der Waals surface area contributed by atoms with Crippen LogP contribution in [-0.4, -0.2) is 72.1 Å². The van der Waals surface area contributed by atoms with Crippen molar-refractivity contribution >= 4 is 6.09 Å². The Balaban J connectivity index is 2.07. The molecule has 1 amide bonds. The van der Waals surface area contributed by atoms with Crippen molar-refractivity contribution in [1.82, 2.24) is 4.90 Å². The lowest BCUT2D eigenvalue weighted by molar-refractivity contribution is -0.196. The highest BCUT2D eigenvalue weighted by atomic mass is 16.7. The van der Waals surface area contributed by atoms with Gasteiger partial charge >= 0.3 is 6.09 Å². The second-order valence-electron chi connectivity index (χ2n) is 7.91. The van der Waals surface area contributed by atoms with Gasteiger partial charge in [0, 0.05) is 19.6 Å². The fourth-order valence-electron chi connectivity index (χ4n) is 3.70. The van der Waals surface area contributed by atoms with Gasteiger partial charge in [0.05, 0.1) is 30.9 Å². The van der Waals surface area contributed by atoms with Crippen LogP contribution in [0.3, 0.4) is 0 Å². The summed E-state index contributed by atoms with van der Waals surface area (Å²) in [6.07, 6.45) is 0.483. The summed E-state index contributed by atoms with van der Waals surface area (Å²) in [6.45, 7) is 11.2. The molecule has 25 heavy (non-hydrogen) atoms. The molecule has 0 aromatic carbocycles. The van der Waals surface area contributed by atoms with Gasteiger partial charge in [-0.25, -0.2) is 4.79 Å². The highest BCUT2D eigenvalue weighted by molar-refractivity contribution is 5.69. The molecule has 7 nitrogen and oxygen atoms in total. The third-order valence-corrected chi connectivity index (χ3v) is 4.49. The van der Waals surface area contributed by atoms with Crippen LogP contribution < -0.4 is 0 Å². The van der Waals surface area contributed by atoms with Crippen LogP contribution >= 0.6 is 0 Å². The number of piperidine rings is 1. The molecule has 146 valence electrons. The Morgan fingerprint density at radius 2 is 1.72 bits per heavy atom. The zero-order chi connectivity index (χ0) is 18.7. The van der Waals surface area contributed by atoms with Crippen LogP contribution in [0.2, 0.25) is 0 Å². The van der Waals surface area contributed by atoms with Gasteiger partial charge in [0.2, 0.25) is 0 Å². The minimum Gasteiger partial charge on any atom is -0.444 e. The largest absolute Gasteiger partial charge is 0.444 e. The van der Waals surface area contributed by atoms with Crippen molar-refractivity contribution < 1.29 is 28.8 Å². The van der Waals surface area contributed by atoms with Gasteiger partial charge in [0.1, 0.15) is 5.60 Å². The second-order valence-corrected chi connectivity index (χ2v) is 7.91. The number of rotatable bonds is 6. The molecule has 0 radical (unpaired) electrons. The van der Waals surface area contributed by atoms with E-state index in [0.717, 1.165) is 0 Å². The molecule has 0 saturated carbocycles. The maximum absolute atomic E-state index is 12.6. The molecule has 2 saturated heterocycles. The van der Waals surface area contributed by atoms with E-state index in [1.165, 1.54) is 0 Å². The van der Waals surface area contributed by atoms with Gasteiger partial charge in [-0.3, -0.25) is 4.90 Å². The van der Waals surface area contributed by atoms with Crippen LogP contribution in [0.25, 0.3) is 0 Å². The Hall–Kier alpha value is -0.890. The Labute approximate surface area is 150 Å². The van der Waals surface area contributed by atoms with Crippen molar-refractivity contribution in [3.05, 3.63) is 0 Å². The summed E-state index contributed by atoms with van der Waals surface area (Å²) in [5.41, 5.74) is -1.48. The molecular weight excluding hydrogens is 326 g/mol. The number of amides is 1. The third-order valence-electron chi connectivity index (χ3n) is 4.49. The molecule has 0 spiro atoms. The fraction of sp³-hybridized carbons (Fsp3) is 0.944. The van der Waals surface area contributed by atoms with Crippen molar-refractivity contribution in [3.63, 3.8) is 0 Å². The van der Waals surface area contributed by atoms with E-state index in [0.29, 0.717) is 45.7 Å². The van der Waals surface area contributed by atoms with Crippen LogP contribution in [0.15, 0.2) is 0 Å². The molecule has 7 heteroatoms. The first-order valence-electron chi connectivity index (χ1n) is 9.22. The van der Waals surface area contributed by atoms with Crippen molar-refractivity contribution in [2.45, 2.75) is 83.5 Å². The molecule has 0 aromatic heterocycles. The minimum absolute atomic E-state index is 0.198. The maximum atomic E-state index is 12.6. The van der Waals surface area contributed by atoms with Crippen LogP contribution in [0.4, 0.5) is 4.79 Å². The van der Waals surface area contributed by atoms with Crippen molar-refractivity contribution in [1.29, 1.82) is 0 Å². The average Bonchev–Trinajstić information content (AvgIpc) is 2.44. The number of aliphatic hydroxyl groups is 1. The fourth-order valence-corrected chi connectivity index (χ4v) is 3.70. The Bertz CT molecular complexity index is 429. The Kier molecular flexibility index (Phi) is 6.70. The van der Waals surface area contributed by atoms with Crippen molar-refractivity contribution in [2.75, 3.05) is 26.4 Å². The van der Waals surface area contributed by atoms with Gasteiger partial charge in [-0.1, -0.05) is 0 Å². The summed E-state index contributed by atoms with van der Waals surface area (Å²) in [5, 5.41) is 11.1. The summed E-state index contributed by atoms with van der Waals surface area (Å²) in [4.78, 5) is 14.3. The topological polar surface area (TPSA) is 77.5 Å². The van der Waals surface area contributed by atoms with Gasteiger partial charge in [-0.05, 0) is 47.5 Å². The molecule has 2 rings (SSSR count). The summed E-state index contributed by atoms with van der Waals surface area (Å²) in [6, 6.07) is -0.396. The highest BCUT2D eigenvalue weighted by Gasteiger charge is 2.49. The van der Waals surface area contributed by atoms with Crippen LogP contribution in [0, 0.1) is 0 Å². The van der Waals surface area contributed by atoms with E-state index in [-0.39, 0.29) is 18.2 Å². The highest BCUT2D eigenvalue weighted by Crippen LogP contribution is 2.38. The molecule has 2 atom stereocenters. The number of hydrogen-bond acceptors (Lipinski definition) is 6. The number of morpholine rings is 1. The van der Waals surface area contributed by atoms with Crippen LogP contribution in [0.5, 0.6) is 0 Å². The molecule has 2 fully saturated rings. The van der Waals surface area contributed by atoms with Gasteiger partial charge < -0.3 is 24.1 Å². The molecule has 2 heterocycles. The van der Waals surface area contributed by atoms with Crippen molar-refractivity contribution in [3.8, 4) is 0 Å². The lowest BCUT2D eigenvalue weighted by Crippen LogP contribution is -2.64. The second kappa shape index (κ2) is 8.20. The lowest BCUT2D eigenvalue weighted by atomic mass is 9.79. The van der Waals surface area contributed by atoms with E-state index in [1.54, 1.807) is 4.90 Å². The van der Waals surface area contributed by atoms with E-state index < -0.39 is 17.5 Å². The number of carbonyl (C=O) groups excluding carboxylic acids is 1. The first-order chi connectivity index (χ1) is 11.7. The first kappa shape index (κ1) is 20.4. The molecule has 2 bridgehead atoms. The Morgan fingerprint density at radius 3 is 2.16 bits per heavy atom. The Morgan fingerprint density at radius 1 is 1.20 bits per heavy atom. The quantitative estimate of drug-likeness (QED) is 0.733. The number of ether oxygens (including phenoxy) is 4. The normalized spacial score (nSPS) is 29.8. The van der Waals surface area contributed by atoms with Gasteiger partial charge in [-0.15, -0.1) is 0 Å². The first-order valence-corrected chi connectivity index (χ1v) is 9.22. The number of nitrogens with zero attached hydrogens (tertiary/aromatic N) is 1. The number of fused-ring (bicyclic) bond motifs is 2. The minimum atomic E-state index is -0.938. The maximum Gasteiger partial charge on any atom is 0.410 e. The zero-order valence-corrected chi connectivity index (χ0v) is 16.1. The zero-order valence-electron chi connectivity index (χ0n) is 16.1. The summed E-state index contributed by atoms with van der Waals surface area (Å²) in [5.74, 6) is 0. The molecule has 0 aliphatic carbocycles. The summed E-state index contributed by atoms with van der Waals surface area (Å²) >= 11 is 0. The van der Waals surface area contributed by atoms with Gasteiger partial charge in [-0.2, -0.15) is 0 Å². The predicted octanol–water partition coefficient (Wildman–Crippen LogP) is 2.30. The van der Waals surface area contributed by atoms with Crippen molar-refractivity contribution in [2.24, 2.45) is 0 Å². The van der Waals surface area contributed by atoms with Gasteiger partial charge in [0.15, 0.2) is 6.29 Å². The van der Waals surface area contributed by atoms with Gasteiger partial charge in [0.25, 0.3) is 0 Å². The molecule has 1 N–H and O–H groups in total. The molecule has 0 aromatic rings. The lowest BCUT2D eigenvalue weighted by Gasteiger charge is -2.51. The van der Waals surface area contributed by atoms with E-state index in [2.05, 4.69) is 0 Å². The van der Waals surface area contributed by atoms with E-state index in [4.69, 9.17) is 18.9 Å². The monoisotopic (exact) mass is 359 g/mol. The standard InChI is InChI=1S/C18H33NO6/c1-6-23-15(24-7-2)10-18(21)8-13-11-22-12-14(9-18)19(13)16(20)25-17(3,4)5/h13-15,21H,6-12H2,1-5H3. The van der Waals surface area contributed by atoms with Crippen LogP contribution in [-0.2, 0) is 18.9 Å². The molecule has 2 aliphatic rings. The number of hydrogen-bond donors (Lipinski definition) is 1. The number of carbonyl (C=O) groups is 1. The van der Waals surface area contributed by atoms with E-state index in [9.17, 15) is 9.90 Å². The predicted molar refractivity (Wildman–Crippen MR) is 92.3 cm³/mol. The molecular formula is C18H33NO6. The van der Waals surface area contributed by atoms with E-state index >= 15 is 0 Å². The third kappa shape index (κ3) is 5.54.